The zero-order valence-corrected chi connectivity index (χ0v) is 13.8. The third-order valence-corrected chi connectivity index (χ3v) is 4.80. The Morgan fingerprint density at radius 3 is 2.91 bits per heavy atom. The van der Waals surface area contributed by atoms with Gasteiger partial charge in [0.1, 0.15) is 6.61 Å². The SMILES string of the molecule is C[C@H]1C(=O)NCCc2[nH]c3c(Cl)c(Cl)cc(NC(=O)CO)c3c21. The molecule has 0 bridgehead atoms. The molecule has 23 heavy (non-hydrogen) atoms. The number of H-pyrrole nitrogens is 1. The summed E-state index contributed by atoms with van der Waals surface area (Å²) in [6, 6.07) is 1.53. The van der Waals surface area contributed by atoms with Gasteiger partial charge < -0.3 is 20.7 Å². The van der Waals surface area contributed by atoms with Crippen LogP contribution in [0.25, 0.3) is 10.9 Å². The average Bonchev–Trinajstić information content (AvgIpc) is 2.84. The second-order valence-electron chi connectivity index (χ2n) is 5.46. The quantitative estimate of drug-likeness (QED) is 0.664. The number of carbonyl (C=O) groups is 2. The Labute approximate surface area is 142 Å². The van der Waals surface area contributed by atoms with Crippen molar-refractivity contribution in [2.45, 2.75) is 19.3 Å². The van der Waals surface area contributed by atoms with E-state index in [1.54, 1.807) is 6.92 Å². The van der Waals surface area contributed by atoms with Crippen molar-refractivity contribution in [1.29, 1.82) is 0 Å². The van der Waals surface area contributed by atoms with E-state index in [0.717, 1.165) is 11.3 Å². The van der Waals surface area contributed by atoms with E-state index in [1.807, 2.05) is 0 Å². The highest BCUT2D eigenvalue weighted by molar-refractivity contribution is 6.45. The molecule has 0 fully saturated rings. The largest absolute Gasteiger partial charge is 0.387 e. The van der Waals surface area contributed by atoms with Gasteiger partial charge in [-0.15, -0.1) is 0 Å². The molecule has 0 unspecified atom stereocenters. The van der Waals surface area contributed by atoms with Crippen molar-refractivity contribution < 1.29 is 14.7 Å². The maximum Gasteiger partial charge on any atom is 0.250 e. The number of rotatable bonds is 2. The molecule has 0 saturated carbocycles. The lowest BCUT2D eigenvalue weighted by Gasteiger charge is -2.13. The second-order valence-corrected chi connectivity index (χ2v) is 6.24. The van der Waals surface area contributed by atoms with E-state index in [-0.39, 0.29) is 10.9 Å². The number of carbonyl (C=O) groups excluding carboxylic acids is 2. The van der Waals surface area contributed by atoms with Crippen LogP contribution < -0.4 is 10.6 Å². The van der Waals surface area contributed by atoms with Crippen molar-refractivity contribution in [2.24, 2.45) is 0 Å². The molecule has 0 spiro atoms. The standard InChI is InChI=1S/C15H15Cl2N3O3/c1-6-11-8(2-3-18-15(6)23)20-14-12(11)9(19-10(22)5-21)4-7(16)13(14)17/h4,6,20-21H,2-3,5H2,1H3,(H,18,23)(H,19,22)/t6-/m1/s1. The molecule has 1 aromatic carbocycles. The van der Waals surface area contributed by atoms with Crippen LogP contribution in [0.5, 0.6) is 0 Å². The van der Waals surface area contributed by atoms with E-state index in [2.05, 4.69) is 15.6 Å². The first kappa shape index (κ1) is 16.1. The number of nitrogens with one attached hydrogen (secondary N) is 3. The maximum atomic E-state index is 12.1. The molecule has 8 heteroatoms. The Balaban J connectivity index is 2.31. The molecular formula is C15H15Cl2N3O3. The number of aliphatic hydroxyl groups is 1. The van der Waals surface area contributed by atoms with Crippen molar-refractivity contribution in [3.05, 3.63) is 27.4 Å². The summed E-state index contributed by atoms with van der Waals surface area (Å²) in [5.41, 5.74) is 2.68. The first-order chi connectivity index (χ1) is 10.9. The van der Waals surface area contributed by atoms with Crippen molar-refractivity contribution in [2.75, 3.05) is 18.5 Å². The molecule has 0 saturated heterocycles. The van der Waals surface area contributed by atoms with E-state index in [9.17, 15) is 9.59 Å². The Morgan fingerprint density at radius 2 is 2.22 bits per heavy atom. The molecule has 3 rings (SSSR count). The number of aliphatic hydroxyl groups excluding tert-OH is 1. The van der Waals surface area contributed by atoms with Crippen LogP contribution in [0.1, 0.15) is 24.1 Å². The van der Waals surface area contributed by atoms with Gasteiger partial charge in [0.15, 0.2) is 0 Å². The van der Waals surface area contributed by atoms with E-state index in [1.165, 1.54) is 6.07 Å². The summed E-state index contributed by atoms with van der Waals surface area (Å²) in [5, 5.41) is 15.7. The lowest BCUT2D eigenvalue weighted by Crippen LogP contribution is -2.27. The summed E-state index contributed by atoms with van der Waals surface area (Å²) in [6.07, 6.45) is 0.626. The number of halogens is 2. The number of aromatic amines is 1. The number of hydrogen-bond acceptors (Lipinski definition) is 3. The monoisotopic (exact) mass is 355 g/mol. The zero-order chi connectivity index (χ0) is 16.7. The van der Waals surface area contributed by atoms with E-state index in [4.69, 9.17) is 28.3 Å². The minimum Gasteiger partial charge on any atom is -0.387 e. The normalized spacial score (nSPS) is 17.6. The van der Waals surface area contributed by atoms with Gasteiger partial charge >= 0.3 is 0 Å². The van der Waals surface area contributed by atoms with Gasteiger partial charge in [0.2, 0.25) is 11.8 Å². The van der Waals surface area contributed by atoms with Crippen LogP contribution in [0.2, 0.25) is 10.0 Å². The fraction of sp³-hybridized carbons (Fsp3) is 0.333. The molecule has 4 N–H and O–H groups in total. The molecule has 122 valence electrons. The molecule has 1 aromatic heterocycles. The van der Waals surface area contributed by atoms with Crippen molar-refractivity contribution in [1.82, 2.24) is 10.3 Å². The predicted molar refractivity (Wildman–Crippen MR) is 89.2 cm³/mol. The summed E-state index contributed by atoms with van der Waals surface area (Å²) in [5.74, 6) is -1.05. The van der Waals surface area contributed by atoms with Gasteiger partial charge in [-0.2, -0.15) is 0 Å². The first-order valence-electron chi connectivity index (χ1n) is 7.15. The Bertz CT molecular complexity index is 816. The van der Waals surface area contributed by atoms with Crippen molar-refractivity contribution in [3.63, 3.8) is 0 Å². The fourth-order valence-electron chi connectivity index (χ4n) is 2.95. The Hall–Kier alpha value is -1.76. The fourth-order valence-corrected chi connectivity index (χ4v) is 3.35. The molecule has 0 radical (unpaired) electrons. The highest BCUT2D eigenvalue weighted by atomic mass is 35.5. The predicted octanol–water partition coefficient (Wildman–Crippen LogP) is 2.18. The summed E-state index contributed by atoms with van der Waals surface area (Å²) >= 11 is 12.4. The van der Waals surface area contributed by atoms with Crippen molar-refractivity contribution >= 4 is 51.6 Å². The molecule has 1 aliphatic rings. The highest BCUT2D eigenvalue weighted by Crippen LogP contribution is 2.42. The van der Waals surface area contributed by atoms with Gasteiger partial charge in [-0.3, -0.25) is 9.59 Å². The van der Waals surface area contributed by atoms with E-state index < -0.39 is 18.4 Å². The van der Waals surface area contributed by atoms with Gasteiger partial charge in [-0.05, 0) is 18.6 Å². The molecule has 1 aliphatic heterocycles. The lowest BCUT2D eigenvalue weighted by molar-refractivity contribution is -0.122. The smallest absolute Gasteiger partial charge is 0.250 e. The second kappa shape index (κ2) is 6.03. The van der Waals surface area contributed by atoms with Crippen LogP contribution in [-0.4, -0.2) is 35.1 Å². The molecule has 2 amide bonds. The number of amides is 2. The number of benzene rings is 1. The minimum atomic E-state index is -0.648. The molecule has 2 heterocycles. The van der Waals surface area contributed by atoms with Crippen LogP contribution in [-0.2, 0) is 16.0 Å². The number of fused-ring (bicyclic) bond motifs is 3. The topological polar surface area (TPSA) is 94.2 Å². The number of hydrogen-bond donors (Lipinski definition) is 4. The summed E-state index contributed by atoms with van der Waals surface area (Å²) in [4.78, 5) is 27.0. The average molecular weight is 356 g/mol. The lowest BCUT2D eigenvalue weighted by atomic mass is 9.96. The first-order valence-corrected chi connectivity index (χ1v) is 7.90. The number of aromatic nitrogens is 1. The summed E-state index contributed by atoms with van der Waals surface area (Å²) < 4.78 is 0. The van der Waals surface area contributed by atoms with E-state index in [0.29, 0.717) is 34.6 Å². The minimum absolute atomic E-state index is 0.0878. The molecular weight excluding hydrogens is 341 g/mol. The van der Waals surface area contributed by atoms with Crippen LogP contribution in [0.3, 0.4) is 0 Å². The van der Waals surface area contributed by atoms with Crippen LogP contribution in [0.4, 0.5) is 5.69 Å². The van der Waals surface area contributed by atoms with Crippen LogP contribution in [0, 0.1) is 0 Å². The molecule has 1 atom stereocenters. The van der Waals surface area contributed by atoms with Crippen molar-refractivity contribution in [3.8, 4) is 0 Å². The van der Waals surface area contributed by atoms with Gasteiger partial charge in [0.25, 0.3) is 0 Å². The third-order valence-electron chi connectivity index (χ3n) is 4.01. The molecule has 0 aliphatic carbocycles. The van der Waals surface area contributed by atoms with Gasteiger partial charge in [-0.1, -0.05) is 23.2 Å². The maximum absolute atomic E-state index is 12.1. The zero-order valence-electron chi connectivity index (χ0n) is 12.3. The molecule has 6 nitrogen and oxygen atoms in total. The third kappa shape index (κ3) is 2.67. The van der Waals surface area contributed by atoms with Crippen LogP contribution in [0.15, 0.2) is 6.07 Å². The van der Waals surface area contributed by atoms with Gasteiger partial charge in [0.05, 0.1) is 27.2 Å². The molecule has 2 aromatic rings. The summed E-state index contributed by atoms with van der Waals surface area (Å²) in [7, 11) is 0. The van der Waals surface area contributed by atoms with Gasteiger partial charge in [0, 0.05) is 24.0 Å². The van der Waals surface area contributed by atoms with Crippen LogP contribution >= 0.6 is 23.2 Å². The Kier molecular flexibility index (Phi) is 4.23. The highest BCUT2D eigenvalue weighted by Gasteiger charge is 2.28. The number of anilines is 1. The van der Waals surface area contributed by atoms with E-state index >= 15 is 0 Å². The van der Waals surface area contributed by atoms with Gasteiger partial charge in [-0.25, -0.2) is 0 Å². The Morgan fingerprint density at radius 1 is 1.48 bits per heavy atom. The summed E-state index contributed by atoms with van der Waals surface area (Å²) in [6.45, 7) is 1.67.